The molecule has 2 saturated heterocycles. The van der Waals surface area contributed by atoms with Gasteiger partial charge in [0.2, 0.25) is 5.95 Å². The predicted octanol–water partition coefficient (Wildman–Crippen LogP) is 3.53. The molecule has 0 spiro atoms. The second-order valence-electron chi connectivity index (χ2n) is 7.25. The van der Waals surface area contributed by atoms with Gasteiger partial charge in [-0.15, -0.1) is 0 Å². The van der Waals surface area contributed by atoms with Gasteiger partial charge in [-0.3, -0.25) is 0 Å². The fourth-order valence-corrected chi connectivity index (χ4v) is 3.76. The molecule has 1 aromatic rings. The Balaban J connectivity index is 1.51. The SMILES string of the molecule is CCCCN1CCC(Nc2nccc(N3CCCCCC3)n2)CC1. The standard InChI is InChI=1S/C19H33N5/c1-2-3-12-23-15-9-17(10-16-23)21-19-20-11-8-18(22-19)24-13-6-4-5-7-14-24/h8,11,17H,2-7,9-10,12-16H2,1H3,(H,20,21,22). The Morgan fingerprint density at radius 2 is 1.83 bits per heavy atom. The highest BCUT2D eigenvalue weighted by Crippen LogP contribution is 2.20. The van der Waals surface area contributed by atoms with Crippen LogP contribution in [-0.4, -0.2) is 53.6 Å². The third-order valence-electron chi connectivity index (χ3n) is 5.32. The Morgan fingerprint density at radius 1 is 1.08 bits per heavy atom. The quantitative estimate of drug-likeness (QED) is 0.864. The Bertz CT molecular complexity index is 476. The van der Waals surface area contributed by atoms with Crippen LogP contribution in [0.2, 0.25) is 0 Å². The van der Waals surface area contributed by atoms with E-state index in [9.17, 15) is 0 Å². The summed E-state index contributed by atoms with van der Waals surface area (Å²) in [5.74, 6) is 1.90. The summed E-state index contributed by atoms with van der Waals surface area (Å²) in [4.78, 5) is 14.3. The van der Waals surface area contributed by atoms with Crippen molar-refractivity contribution in [1.82, 2.24) is 14.9 Å². The lowest BCUT2D eigenvalue weighted by atomic mass is 10.0. The number of hydrogen-bond acceptors (Lipinski definition) is 5. The zero-order chi connectivity index (χ0) is 16.6. The molecule has 1 N–H and O–H groups in total. The largest absolute Gasteiger partial charge is 0.356 e. The van der Waals surface area contributed by atoms with Crippen molar-refractivity contribution in [1.29, 1.82) is 0 Å². The van der Waals surface area contributed by atoms with E-state index in [-0.39, 0.29) is 0 Å². The molecule has 0 saturated carbocycles. The van der Waals surface area contributed by atoms with Crippen LogP contribution < -0.4 is 10.2 Å². The fraction of sp³-hybridized carbons (Fsp3) is 0.789. The molecule has 3 rings (SSSR count). The minimum Gasteiger partial charge on any atom is -0.356 e. The minimum atomic E-state index is 0.516. The summed E-state index contributed by atoms with van der Waals surface area (Å²) in [7, 11) is 0. The highest BCUT2D eigenvalue weighted by molar-refractivity contribution is 5.43. The summed E-state index contributed by atoms with van der Waals surface area (Å²) < 4.78 is 0. The normalized spacial score (nSPS) is 20.8. The van der Waals surface area contributed by atoms with E-state index >= 15 is 0 Å². The number of piperidine rings is 1. The molecule has 0 amide bonds. The van der Waals surface area contributed by atoms with Crippen molar-refractivity contribution in [2.45, 2.75) is 64.3 Å². The number of rotatable bonds is 6. The average molecular weight is 332 g/mol. The maximum atomic E-state index is 4.79. The molecule has 24 heavy (non-hydrogen) atoms. The van der Waals surface area contributed by atoms with Crippen LogP contribution in [0.15, 0.2) is 12.3 Å². The molecule has 0 radical (unpaired) electrons. The van der Waals surface area contributed by atoms with Gasteiger partial charge in [0, 0.05) is 38.4 Å². The van der Waals surface area contributed by atoms with Crippen molar-refractivity contribution in [3.8, 4) is 0 Å². The molecular weight excluding hydrogens is 298 g/mol. The van der Waals surface area contributed by atoms with E-state index in [0.29, 0.717) is 6.04 Å². The van der Waals surface area contributed by atoms with Gasteiger partial charge >= 0.3 is 0 Å². The summed E-state index contributed by atoms with van der Waals surface area (Å²) in [5, 5.41) is 3.58. The van der Waals surface area contributed by atoms with Gasteiger partial charge in [-0.1, -0.05) is 26.2 Å². The third kappa shape index (κ3) is 5.07. The van der Waals surface area contributed by atoms with E-state index in [4.69, 9.17) is 4.98 Å². The lowest BCUT2D eigenvalue weighted by Gasteiger charge is -2.32. The average Bonchev–Trinajstić information content (AvgIpc) is 2.91. The van der Waals surface area contributed by atoms with E-state index in [0.717, 1.165) is 24.9 Å². The summed E-state index contributed by atoms with van der Waals surface area (Å²) >= 11 is 0. The molecule has 3 heterocycles. The Hall–Kier alpha value is -1.36. The van der Waals surface area contributed by atoms with Crippen LogP contribution in [0.4, 0.5) is 11.8 Å². The van der Waals surface area contributed by atoms with Gasteiger partial charge in [-0.2, -0.15) is 4.98 Å². The summed E-state index contributed by atoms with van der Waals surface area (Å²) in [5.41, 5.74) is 0. The first-order valence-electron chi connectivity index (χ1n) is 9.92. The Kier molecular flexibility index (Phi) is 6.70. The molecule has 1 aromatic heterocycles. The van der Waals surface area contributed by atoms with Crippen molar-refractivity contribution in [3.05, 3.63) is 12.3 Å². The molecule has 0 atom stereocenters. The number of nitrogens with zero attached hydrogens (tertiary/aromatic N) is 4. The molecule has 2 fully saturated rings. The van der Waals surface area contributed by atoms with Crippen LogP contribution in [0.1, 0.15) is 58.3 Å². The predicted molar refractivity (Wildman–Crippen MR) is 101 cm³/mol. The van der Waals surface area contributed by atoms with E-state index in [1.165, 1.54) is 71.0 Å². The van der Waals surface area contributed by atoms with Gasteiger partial charge in [0.05, 0.1) is 0 Å². The maximum Gasteiger partial charge on any atom is 0.224 e. The van der Waals surface area contributed by atoms with Gasteiger partial charge in [0.15, 0.2) is 0 Å². The number of unbranched alkanes of at least 4 members (excludes halogenated alkanes) is 1. The zero-order valence-electron chi connectivity index (χ0n) is 15.2. The number of aromatic nitrogens is 2. The topological polar surface area (TPSA) is 44.3 Å². The maximum absolute atomic E-state index is 4.79. The first-order chi connectivity index (χ1) is 11.8. The smallest absolute Gasteiger partial charge is 0.224 e. The molecule has 2 aliphatic rings. The third-order valence-corrected chi connectivity index (χ3v) is 5.32. The van der Waals surface area contributed by atoms with Crippen molar-refractivity contribution in [3.63, 3.8) is 0 Å². The Labute approximate surface area is 146 Å². The second-order valence-corrected chi connectivity index (χ2v) is 7.25. The minimum absolute atomic E-state index is 0.516. The van der Waals surface area contributed by atoms with Crippen LogP contribution in [0.5, 0.6) is 0 Å². The monoisotopic (exact) mass is 331 g/mol. The molecule has 5 heteroatoms. The van der Waals surface area contributed by atoms with Gasteiger partial charge in [0.1, 0.15) is 5.82 Å². The molecule has 134 valence electrons. The number of likely N-dealkylation sites (tertiary alicyclic amines) is 1. The summed E-state index contributed by atoms with van der Waals surface area (Å²) in [6, 6.07) is 2.58. The lowest BCUT2D eigenvalue weighted by Crippen LogP contribution is -2.39. The number of anilines is 2. The van der Waals surface area contributed by atoms with Gasteiger partial charge < -0.3 is 15.1 Å². The first kappa shape index (κ1) is 17.5. The van der Waals surface area contributed by atoms with Crippen LogP contribution in [-0.2, 0) is 0 Å². The zero-order valence-corrected chi connectivity index (χ0v) is 15.2. The van der Waals surface area contributed by atoms with Crippen LogP contribution in [0, 0.1) is 0 Å². The number of hydrogen-bond donors (Lipinski definition) is 1. The van der Waals surface area contributed by atoms with Crippen molar-refractivity contribution < 1.29 is 0 Å². The molecule has 0 bridgehead atoms. The summed E-state index contributed by atoms with van der Waals surface area (Å²) in [6.07, 6.45) is 12.2. The van der Waals surface area contributed by atoms with Crippen molar-refractivity contribution >= 4 is 11.8 Å². The molecule has 0 aromatic carbocycles. The van der Waals surface area contributed by atoms with E-state index in [2.05, 4.69) is 33.1 Å². The molecule has 0 unspecified atom stereocenters. The van der Waals surface area contributed by atoms with Gasteiger partial charge in [-0.25, -0.2) is 4.98 Å². The molecule has 5 nitrogen and oxygen atoms in total. The van der Waals surface area contributed by atoms with Crippen LogP contribution in [0.25, 0.3) is 0 Å². The molecule has 2 aliphatic heterocycles. The Morgan fingerprint density at radius 3 is 2.54 bits per heavy atom. The highest BCUT2D eigenvalue weighted by atomic mass is 15.2. The van der Waals surface area contributed by atoms with Crippen molar-refractivity contribution in [2.24, 2.45) is 0 Å². The lowest BCUT2D eigenvalue weighted by molar-refractivity contribution is 0.216. The van der Waals surface area contributed by atoms with Gasteiger partial charge in [-0.05, 0) is 44.7 Å². The fourth-order valence-electron chi connectivity index (χ4n) is 3.76. The summed E-state index contributed by atoms with van der Waals surface area (Å²) in [6.45, 7) is 8.18. The van der Waals surface area contributed by atoms with Gasteiger partial charge in [0.25, 0.3) is 0 Å². The van der Waals surface area contributed by atoms with E-state index < -0.39 is 0 Å². The van der Waals surface area contributed by atoms with Crippen LogP contribution >= 0.6 is 0 Å². The van der Waals surface area contributed by atoms with E-state index in [1.54, 1.807) is 0 Å². The number of nitrogens with one attached hydrogen (secondary N) is 1. The second kappa shape index (κ2) is 9.21. The van der Waals surface area contributed by atoms with Crippen molar-refractivity contribution in [2.75, 3.05) is 42.9 Å². The molecular formula is C19H33N5. The molecule has 0 aliphatic carbocycles. The van der Waals surface area contributed by atoms with Crippen LogP contribution in [0.3, 0.4) is 0 Å². The first-order valence-corrected chi connectivity index (χ1v) is 9.92. The highest BCUT2D eigenvalue weighted by Gasteiger charge is 2.19. The van der Waals surface area contributed by atoms with E-state index in [1.807, 2.05) is 6.20 Å².